The first kappa shape index (κ1) is 10.6. The molecule has 1 heterocycles. The molecule has 16 heavy (non-hydrogen) atoms. The number of benzene rings is 1. The average Bonchev–Trinajstić information content (AvgIpc) is 2.67. The van der Waals surface area contributed by atoms with E-state index in [2.05, 4.69) is 4.98 Å². The quantitative estimate of drug-likeness (QED) is 0.816. The Morgan fingerprint density at radius 1 is 1.44 bits per heavy atom. The van der Waals surface area contributed by atoms with Crippen LogP contribution in [-0.4, -0.2) is 27.8 Å². The van der Waals surface area contributed by atoms with Crippen LogP contribution in [0.2, 0.25) is 0 Å². The van der Waals surface area contributed by atoms with Crippen LogP contribution in [0.5, 0.6) is 0 Å². The average molecular weight is 221 g/mol. The molecule has 5 heteroatoms. The molecule has 2 N–H and O–H groups in total. The molecule has 0 aliphatic rings. The van der Waals surface area contributed by atoms with Crippen molar-refractivity contribution in [2.75, 3.05) is 6.61 Å². The molecule has 84 valence electrons. The summed E-state index contributed by atoms with van der Waals surface area (Å²) in [7, 11) is 0. The monoisotopic (exact) mass is 221 g/mol. The molecule has 0 atom stereocenters. The molecule has 0 saturated carbocycles. The number of aryl methyl sites for hydroxylation is 1. The first-order valence-corrected chi connectivity index (χ1v) is 4.94. The van der Waals surface area contributed by atoms with Crippen LogP contribution in [0.15, 0.2) is 22.6 Å². The molecule has 1 aromatic heterocycles. The zero-order chi connectivity index (χ0) is 11.5. The normalized spacial score (nSPS) is 10.8. The maximum Gasteiger partial charge on any atom is 0.335 e. The predicted octanol–water partition coefficient (Wildman–Crippen LogP) is 1.45. The van der Waals surface area contributed by atoms with Gasteiger partial charge in [0, 0.05) is 13.0 Å². The number of carbonyl (C=O) groups is 1. The number of aromatic nitrogens is 1. The maximum atomic E-state index is 10.7. The van der Waals surface area contributed by atoms with Gasteiger partial charge >= 0.3 is 5.97 Å². The number of carboxylic acids is 1. The molecule has 2 aromatic rings. The number of carboxylic acid groups (broad SMARTS) is 1. The number of hydrogen-bond donors (Lipinski definition) is 2. The standard InChI is InChI=1S/C11H11NO4/c13-5-1-2-10-12-8-4-3-7(11(14)15)6-9(8)16-10/h3-4,6,13H,1-2,5H2,(H,14,15). The van der Waals surface area contributed by atoms with Crippen LogP contribution in [0.3, 0.4) is 0 Å². The number of aliphatic hydroxyl groups is 1. The Bertz CT molecular complexity index is 518. The van der Waals surface area contributed by atoms with Crippen molar-refractivity contribution in [1.29, 1.82) is 0 Å². The van der Waals surface area contributed by atoms with Gasteiger partial charge in [-0.1, -0.05) is 0 Å². The first-order valence-electron chi connectivity index (χ1n) is 4.94. The number of rotatable bonds is 4. The topological polar surface area (TPSA) is 83.6 Å². The fraction of sp³-hybridized carbons (Fsp3) is 0.273. The summed E-state index contributed by atoms with van der Waals surface area (Å²) in [6.07, 6.45) is 1.13. The molecule has 0 amide bonds. The van der Waals surface area contributed by atoms with Gasteiger partial charge in [-0.15, -0.1) is 0 Å². The van der Waals surface area contributed by atoms with Crippen LogP contribution >= 0.6 is 0 Å². The van der Waals surface area contributed by atoms with Gasteiger partial charge in [-0.05, 0) is 24.6 Å². The van der Waals surface area contributed by atoms with Crippen LogP contribution in [0.25, 0.3) is 11.1 Å². The highest BCUT2D eigenvalue weighted by molar-refractivity contribution is 5.91. The zero-order valence-electron chi connectivity index (χ0n) is 8.51. The molecule has 5 nitrogen and oxygen atoms in total. The number of aliphatic hydroxyl groups excluding tert-OH is 1. The van der Waals surface area contributed by atoms with Crippen LogP contribution in [-0.2, 0) is 6.42 Å². The Kier molecular flexibility index (Phi) is 2.87. The van der Waals surface area contributed by atoms with Crippen molar-refractivity contribution in [1.82, 2.24) is 4.98 Å². The summed E-state index contributed by atoms with van der Waals surface area (Å²) in [6.45, 7) is 0.0824. The van der Waals surface area contributed by atoms with Crippen LogP contribution < -0.4 is 0 Å². The second-order valence-corrected chi connectivity index (χ2v) is 3.42. The van der Waals surface area contributed by atoms with Crippen LogP contribution in [0, 0.1) is 0 Å². The van der Waals surface area contributed by atoms with Crippen molar-refractivity contribution < 1.29 is 19.4 Å². The molecule has 0 unspecified atom stereocenters. The molecular formula is C11H11NO4. The minimum Gasteiger partial charge on any atom is -0.478 e. The van der Waals surface area contributed by atoms with E-state index in [1.165, 1.54) is 12.1 Å². The van der Waals surface area contributed by atoms with E-state index in [1.54, 1.807) is 6.07 Å². The summed E-state index contributed by atoms with van der Waals surface area (Å²) in [5.74, 6) is -0.471. The number of hydrogen-bond acceptors (Lipinski definition) is 4. The summed E-state index contributed by atoms with van der Waals surface area (Å²) >= 11 is 0. The highest BCUT2D eigenvalue weighted by Gasteiger charge is 2.09. The SMILES string of the molecule is O=C(O)c1ccc2nc(CCCO)oc2c1. The van der Waals surface area contributed by atoms with E-state index >= 15 is 0 Å². The fourth-order valence-electron chi connectivity index (χ4n) is 1.44. The largest absolute Gasteiger partial charge is 0.478 e. The zero-order valence-corrected chi connectivity index (χ0v) is 8.51. The highest BCUT2D eigenvalue weighted by atomic mass is 16.4. The van der Waals surface area contributed by atoms with Gasteiger partial charge in [0.25, 0.3) is 0 Å². The van der Waals surface area contributed by atoms with Crippen molar-refractivity contribution in [3.63, 3.8) is 0 Å². The van der Waals surface area contributed by atoms with Crippen LogP contribution in [0.4, 0.5) is 0 Å². The maximum absolute atomic E-state index is 10.7. The molecular weight excluding hydrogens is 210 g/mol. The molecule has 2 rings (SSSR count). The summed E-state index contributed by atoms with van der Waals surface area (Å²) in [4.78, 5) is 14.9. The van der Waals surface area contributed by atoms with Gasteiger partial charge in [-0.25, -0.2) is 9.78 Å². The van der Waals surface area contributed by atoms with Gasteiger partial charge in [0.1, 0.15) is 5.52 Å². The lowest BCUT2D eigenvalue weighted by atomic mass is 10.2. The molecule has 0 aliphatic carbocycles. The van der Waals surface area contributed by atoms with E-state index in [9.17, 15) is 4.79 Å². The third-order valence-corrected chi connectivity index (χ3v) is 2.23. The summed E-state index contributed by atoms with van der Waals surface area (Å²) in [5.41, 5.74) is 1.28. The number of fused-ring (bicyclic) bond motifs is 1. The summed E-state index contributed by atoms with van der Waals surface area (Å²) < 4.78 is 5.38. The molecule has 1 aromatic carbocycles. The second kappa shape index (κ2) is 4.32. The third-order valence-electron chi connectivity index (χ3n) is 2.23. The Labute approximate surface area is 91.3 Å². The second-order valence-electron chi connectivity index (χ2n) is 3.42. The van der Waals surface area contributed by atoms with Gasteiger partial charge in [0.05, 0.1) is 5.56 Å². The Morgan fingerprint density at radius 2 is 2.25 bits per heavy atom. The predicted molar refractivity (Wildman–Crippen MR) is 56.4 cm³/mol. The fourth-order valence-corrected chi connectivity index (χ4v) is 1.44. The molecule has 0 saturated heterocycles. The van der Waals surface area contributed by atoms with Gasteiger partial charge in [-0.3, -0.25) is 0 Å². The summed E-state index contributed by atoms with van der Waals surface area (Å²) in [5, 5.41) is 17.5. The van der Waals surface area contributed by atoms with Crippen molar-refractivity contribution in [2.24, 2.45) is 0 Å². The number of aromatic carboxylic acids is 1. The summed E-state index contributed by atoms with van der Waals surface area (Å²) in [6, 6.07) is 4.56. The smallest absolute Gasteiger partial charge is 0.335 e. The van der Waals surface area contributed by atoms with Gasteiger partial charge < -0.3 is 14.6 Å². The molecule has 0 spiro atoms. The minimum atomic E-state index is -0.991. The van der Waals surface area contributed by atoms with Gasteiger partial charge in [0.15, 0.2) is 11.5 Å². The first-order chi connectivity index (χ1) is 7.70. The van der Waals surface area contributed by atoms with Crippen molar-refractivity contribution in [3.05, 3.63) is 29.7 Å². The van der Waals surface area contributed by atoms with Crippen LogP contribution in [0.1, 0.15) is 22.7 Å². The van der Waals surface area contributed by atoms with Crippen molar-refractivity contribution in [2.45, 2.75) is 12.8 Å². The third kappa shape index (κ3) is 2.04. The minimum absolute atomic E-state index is 0.0824. The van der Waals surface area contributed by atoms with Gasteiger partial charge in [0.2, 0.25) is 0 Å². The van der Waals surface area contributed by atoms with E-state index in [4.69, 9.17) is 14.6 Å². The lowest BCUT2D eigenvalue weighted by Crippen LogP contribution is -1.94. The van der Waals surface area contributed by atoms with E-state index in [1.807, 2.05) is 0 Å². The molecule has 0 radical (unpaired) electrons. The molecule has 0 fully saturated rings. The lowest BCUT2D eigenvalue weighted by Gasteiger charge is -1.91. The van der Waals surface area contributed by atoms with E-state index < -0.39 is 5.97 Å². The lowest BCUT2D eigenvalue weighted by molar-refractivity contribution is 0.0697. The Hall–Kier alpha value is -1.88. The van der Waals surface area contributed by atoms with E-state index in [0.717, 1.165) is 0 Å². The highest BCUT2D eigenvalue weighted by Crippen LogP contribution is 2.18. The molecule has 0 aliphatic heterocycles. The Morgan fingerprint density at radius 3 is 2.94 bits per heavy atom. The molecule has 0 bridgehead atoms. The number of nitrogens with zero attached hydrogens (tertiary/aromatic N) is 1. The van der Waals surface area contributed by atoms with E-state index in [-0.39, 0.29) is 12.2 Å². The van der Waals surface area contributed by atoms with Crippen molar-refractivity contribution in [3.8, 4) is 0 Å². The van der Waals surface area contributed by atoms with E-state index in [0.29, 0.717) is 29.8 Å². The van der Waals surface area contributed by atoms with Crippen molar-refractivity contribution >= 4 is 17.1 Å². The number of oxazole rings is 1. The van der Waals surface area contributed by atoms with Gasteiger partial charge in [-0.2, -0.15) is 0 Å². The Balaban J connectivity index is 2.34.